The van der Waals surface area contributed by atoms with Gasteiger partial charge < -0.3 is 132 Å². The first-order valence-corrected chi connectivity index (χ1v) is 43.0. The molecule has 47 nitrogen and oxygen atoms in total. The number of nitrogens with zero attached hydrogens (tertiary/aromatic N) is 8. The van der Waals surface area contributed by atoms with Crippen LogP contribution in [0, 0.1) is 0 Å². The summed E-state index contributed by atoms with van der Waals surface area (Å²) in [4.78, 5) is 308. The molecule has 8 heterocycles. The highest BCUT2D eigenvalue weighted by atomic mass is 16.4. The number of likely N-dealkylation sites (tertiary alicyclic amines) is 8. The van der Waals surface area contributed by atoms with E-state index in [1.807, 2.05) is 0 Å². The molecule has 0 spiro atoms. The van der Waals surface area contributed by atoms with E-state index in [2.05, 4.69) is 47.9 Å². The minimum Gasteiger partial charge on any atom is -0.481 e. The fourth-order valence-corrected chi connectivity index (χ4v) is 17.6. The Labute approximate surface area is 720 Å². The van der Waals surface area contributed by atoms with E-state index in [0.717, 1.165) is 0 Å². The molecule has 0 bridgehead atoms. The molecular formula is C78H121N23O24. The minimum absolute atomic E-state index is 0.0116. The second kappa shape index (κ2) is 47.4. The summed E-state index contributed by atoms with van der Waals surface area (Å²) in [7, 11) is 0. The number of rotatable bonds is 45. The molecule has 23 N–H and O–H groups in total. The quantitative estimate of drug-likeness (QED) is 0.0252. The predicted octanol–water partition coefficient (Wildman–Crippen LogP) is -9.65. The van der Waals surface area contributed by atoms with E-state index in [0.29, 0.717) is 96.6 Å². The molecule has 0 saturated carbocycles. The zero-order valence-electron chi connectivity index (χ0n) is 70.2. The molecule has 692 valence electrons. The maximum Gasteiger partial charge on any atom is 0.326 e. The van der Waals surface area contributed by atoms with Crippen LogP contribution in [0.2, 0.25) is 0 Å². The summed E-state index contributed by atoms with van der Waals surface area (Å²) < 4.78 is 0. The van der Waals surface area contributed by atoms with Gasteiger partial charge >= 0.3 is 11.9 Å². The fourth-order valence-electron chi connectivity index (χ4n) is 17.6. The molecule has 8 rings (SSSR count). The summed E-state index contributed by atoms with van der Waals surface area (Å²) in [6, 6.07) is -17.9. The van der Waals surface area contributed by atoms with Crippen molar-refractivity contribution < 1.29 is 116 Å². The van der Waals surface area contributed by atoms with Gasteiger partial charge in [0.25, 0.3) is 0 Å². The summed E-state index contributed by atoms with van der Waals surface area (Å²) in [5.74, 6) is -19.1. The van der Waals surface area contributed by atoms with Gasteiger partial charge in [-0.1, -0.05) is 0 Å². The van der Waals surface area contributed by atoms with E-state index in [9.17, 15) is 116 Å². The second-order valence-corrected chi connectivity index (χ2v) is 32.7. The summed E-state index contributed by atoms with van der Waals surface area (Å²) in [6.07, 6.45) is 2.80. The van der Waals surface area contributed by atoms with Crippen LogP contribution in [0.5, 0.6) is 0 Å². The zero-order chi connectivity index (χ0) is 91.5. The predicted molar refractivity (Wildman–Crippen MR) is 434 cm³/mol. The van der Waals surface area contributed by atoms with Crippen molar-refractivity contribution in [2.24, 2.45) is 34.4 Å². The van der Waals surface area contributed by atoms with Gasteiger partial charge in [0, 0.05) is 65.2 Å². The highest BCUT2D eigenvalue weighted by Crippen LogP contribution is 2.33. The lowest BCUT2D eigenvalue weighted by Gasteiger charge is -2.35. The van der Waals surface area contributed by atoms with Crippen LogP contribution in [0.25, 0.3) is 0 Å². The normalized spacial score (nSPS) is 22.4. The first kappa shape index (κ1) is 98.7. The van der Waals surface area contributed by atoms with Crippen molar-refractivity contribution >= 4 is 130 Å². The number of carbonyl (C=O) groups excluding carboxylic acids is 20. The number of primary amides is 3. The third kappa shape index (κ3) is 26.9. The first-order chi connectivity index (χ1) is 59.6. The van der Waals surface area contributed by atoms with E-state index < -0.39 is 249 Å². The largest absolute Gasteiger partial charge is 0.481 e. The van der Waals surface area contributed by atoms with Crippen LogP contribution in [0.1, 0.15) is 180 Å². The Kier molecular flexibility index (Phi) is 37.4. The average molecular weight is 1760 g/mol. The third-order valence-electron chi connectivity index (χ3n) is 24.0. The van der Waals surface area contributed by atoms with Crippen LogP contribution in [-0.2, 0) is 105 Å². The standard InChI is InChI=1S/C78H121N23O24/c79-27-3-1-13-45(88-60(105)41-86-69(115)49-15-5-32-97(49)75(121)54-20-11-36-101(54)77(123)56-22-12-35-100(56)73(119)52-18-8-29-94(52)62(107)39-81)72(118)96-31-6-16-50(96)70(116)91-44(24-26-58(83)103)66(112)87-42-63(108)95-30-9-19-53(95)74(120)99-34-10-21-55(99)76(122)98-33-7-17-51(98)71(117)90-43(23-25-57(82)102)65(111)85-40-61(106)89-48(38-64(109)110)68(114)93-47(37-59(84)104)67(113)92-46(78(124)125)14-2-4-28-80/h43-56H,1-42,79-81H2,(H2,82,102)(H2,83,103)(H2,84,104)(H,85,111)(H,86,115)(H,87,112)(H,88,105)(H,89,106)(H,90,117)(H,91,116)(H,92,113)(H,93,114)(H,109,110)(H,124,125)/t43-,44-,45-,46-,47-,48-,49-,50-,51-,52-,53-,54-,55-,56-/m0/s1. The number of hydrogen-bond donors (Lipinski definition) is 17. The van der Waals surface area contributed by atoms with Crippen LogP contribution in [0.3, 0.4) is 0 Å². The van der Waals surface area contributed by atoms with Gasteiger partial charge in [0.1, 0.15) is 84.6 Å². The lowest BCUT2D eigenvalue weighted by molar-refractivity contribution is -0.152. The number of unbranched alkanes of at least 4 members (excludes halogenated alkanes) is 2. The SMILES string of the molecule is NCCCC[C@H](NC(=O)[C@H](CC(N)=O)NC(=O)[C@H](CC(=O)O)NC(=O)CNC(=O)[C@H](CCC(N)=O)NC(=O)[C@@H]1CCCN1C(=O)[C@@H]1CCCN1C(=O)[C@@H]1CCCN1C(=O)CNC(=O)[C@H](CCC(N)=O)NC(=O)[C@@H]1CCCN1C(=O)[C@H](CCCCN)NC(=O)CNC(=O)[C@@H]1CCCN1C(=O)[C@@H]1CCCN1C(=O)[C@@H]1CCCN1C(=O)[C@@H]1CCCN1C(=O)CN)C(=O)O. The Morgan fingerprint density at radius 1 is 0.304 bits per heavy atom. The van der Waals surface area contributed by atoms with Crippen molar-refractivity contribution in [1.29, 1.82) is 0 Å². The first-order valence-electron chi connectivity index (χ1n) is 43.0. The highest BCUT2D eigenvalue weighted by Gasteiger charge is 2.51. The molecule has 125 heavy (non-hydrogen) atoms. The van der Waals surface area contributed by atoms with Gasteiger partial charge in [-0.25, -0.2) is 4.79 Å². The van der Waals surface area contributed by atoms with E-state index in [1.54, 1.807) is 0 Å². The number of nitrogens with one attached hydrogen (secondary N) is 9. The number of carbonyl (C=O) groups is 22. The average Bonchev–Trinajstić information content (AvgIpc) is 1.67. The van der Waals surface area contributed by atoms with E-state index in [4.69, 9.17) is 34.4 Å². The zero-order valence-corrected chi connectivity index (χ0v) is 70.2. The number of aliphatic carboxylic acids is 2. The Balaban J connectivity index is 0.824. The van der Waals surface area contributed by atoms with E-state index in [1.165, 1.54) is 39.2 Å². The Bertz CT molecular complexity index is 4040. The van der Waals surface area contributed by atoms with E-state index in [-0.39, 0.29) is 141 Å². The minimum atomic E-state index is -1.98. The molecule has 8 saturated heterocycles. The molecule has 0 unspecified atom stereocenters. The number of hydrogen-bond acceptors (Lipinski definition) is 25. The van der Waals surface area contributed by atoms with Gasteiger partial charge in [-0.15, -0.1) is 0 Å². The molecule has 47 heteroatoms. The van der Waals surface area contributed by atoms with Crippen LogP contribution in [-0.4, -0.2) is 356 Å². The van der Waals surface area contributed by atoms with Gasteiger partial charge in [-0.2, -0.15) is 0 Å². The summed E-state index contributed by atoms with van der Waals surface area (Å²) in [5.41, 5.74) is 33.1. The van der Waals surface area contributed by atoms with Crippen LogP contribution < -0.4 is 82.3 Å². The Hall–Kier alpha value is -11.8. The lowest BCUT2D eigenvalue weighted by Crippen LogP contribution is -2.58. The highest BCUT2D eigenvalue weighted by molar-refractivity contribution is 6.02. The van der Waals surface area contributed by atoms with Crippen molar-refractivity contribution in [3.8, 4) is 0 Å². The van der Waals surface area contributed by atoms with Crippen molar-refractivity contribution in [1.82, 2.24) is 87.1 Å². The molecule has 8 aliphatic rings. The van der Waals surface area contributed by atoms with Crippen molar-refractivity contribution in [2.75, 3.05) is 91.6 Å². The number of amides is 20. The molecule has 8 fully saturated rings. The summed E-state index contributed by atoms with van der Waals surface area (Å²) in [6.45, 7) is -0.868. The molecule has 0 aromatic rings. The molecule has 0 aromatic heterocycles. The van der Waals surface area contributed by atoms with Gasteiger partial charge in [0.15, 0.2) is 0 Å². The molecule has 0 radical (unpaired) electrons. The third-order valence-corrected chi connectivity index (χ3v) is 24.0. The summed E-state index contributed by atoms with van der Waals surface area (Å²) >= 11 is 0. The van der Waals surface area contributed by atoms with Gasteiger partial charge in [-0.05, 0) is 167 Å². The van der Waals surface area contributed by atoms with Crippen LogP contribution in [0.15, 0.2) is 0 Å². The fraction of sp³-hybridized carbons (Fsp3) is 0.718. The van der Waals surface area contributed by atoms with Gasteiger partial charge in [-0.3, -0.25) is 101 Å². The van der Waals surface area contributed by atoms with Crippen LogP contribution in [0.4, 0.5) is 0 Å². The number of carboxylic acid groups (broad SMARTS) is 2. The number of nitrogens with two attached hydrogens (primary N) is 6. The van der Waals surface area contributed by atoms with Crippen molar-refractivity contribution in [2.45, 2.75) is 264 Å². The molecule has 0 aromatic carbocycles. The molecule has 14 atom stereocenters. The van der Waals surface area contributed by atoms with Crippen LogP contribution >= 0.6 is 0 Å². The maximum absolute atomic E-state index is 14.6. The van der Waals surface area contributed by atoms with E-state index >= 15 is 0 Å². The molecular weight excluding hydrogens is 1640 g/mol. The smallest absolute Gasteiger partial charge is 0.326 e. The van der Waals surface area contributed by atoms with Gasteiger partial charge in [0.2, 0.25) is 118 Å². The van der Waals surface area contributed by atoms with Crippen molar-refractivity contribution in [3.05, 3.63) is 0 Å². The number of carboxylic acids is 2. The Morgan fingerprint density at radius 2 is 0.632 bits per heavy atom. The maximum atomic E-state index is 14.6. The summed E-state index contributed by atoms with van der Waals surface area (Å²) in [5, 5.41) is 40.7. The van der Waals surface area contributed by atoms with Crippen molar-refractivity contribution in [3.63, 3.8) is 0 Å². The van der Waals surface area contributed by atoms with Gasteiger partial charge in [0.05, 0.1) is 39.0 Å². The molecule has 20 amide bonds. The monoisotopic (exact) mass is 1760 g/mol. The topological polar surface area (TPSA) is 706 Å². The second-order valence-electron chi connectivity index (χ2n) is 32.7. The lowest BCUT2D eigenvalue weighted by atomic mass is 10.1. The Morgan fingerprint density at radius 3 is 1.02 bits per heavy atom. The molecule has 0 aliphatic carbocycles. The molecule has 8 aliphatic heterocycles.